The van der Waals surface area contributed by atoms with Gasteiger partial charge in [-0.05, 0) is 49.2 Å². The van der Waals surface area contributed by atoms with Crippen LogP contribution in [0.4, 0.5) is 39.5 Å². The number of likely N-dealkylation sites (N-methyl/N-ethyl adjacent to an activating group) is 1. The largest absolute Gasteiger partial charge is 0.788 e. The minimum absolute atomic E-state index is 0.168. The van der Waals surface area contributed by atoms with Crippen molar-refractivity contribution in [3.05, 3.63) is 95.6 Å². The van der Waals surface area contributed by atoms with Crippen LogP contribution in [0.15, 0.2) is 72.8 Å². The first kappa shape index (κ1) is 38.1. The van der Waals surface area contributed by atoms with Crippen molar-refractivity contribution in [2.45, 2.75) is 69.1 Å². The van der Waals surface area contributed by atoms with Gasteiger partial charge in [0, 0.05) is 0 Å². The van der Waals surface area contributed by atoms with Gasteiger partial charge in [0.2, 0.25) is 0 Å². The highest BCUT2D eigenvalue weighted by Gasteiger charge is 2.45. The normalized spacial score (nSPS) is 15.8. The van der Waals surface area contributed by atoms with E-state index in [0.717, 1.165) is 68.5 Å². The molecule has 4 nitrogen and oxygen atoms in total. The third-order valence-corrected chi connectivity index (χ3v) is 7.20. The fourth-order valence-electron chi connectivity index (χ4n) is 5.29. The van der Waals surface area contributed by atoms with Crippen LogP contribution >= 0.6 is 0 Å². The second-order valence-electron chi connectivity index (χ2n) is 12.4. The molecule has 1 saturated carbocycles. The number of nitrogens with zero attached hydrogens (tertiary/aromatic N) is 1. The summed E-state index contributed by atoms with van der Waals surface area (Å²) in [5, 5.41) is 0. The van der Waals surface area contributed by atoms with Crippen LogP contribution in [-0.4, -0.2) is 45.1 Å². The van der Waals surface area contributed by atoms with Gasteiger partial charge in [0.1, 0.15) is 23.6 Å². The third-order valence-electron chi connectivity index (χ3n) is 7.20. The summed E-state index contributed by atoms with van der Waals surface area (Å²) in [4.78, 5) is 0. The van der Waals surface area contributed by atoms with Crippen LogP contribution in [0.25, 0.3) is 0 Å². The second-order valence-corrected chi connectivity index (χ2v) is 12.4. The van der Waals surface area contributed by atoms with Crippen molar-refractivity contribution in [1.82, 2.24) is 0 Å². The summed E-state index contributed by atoms with van der Waals surface area (Å²) in [6, 6.07) is 15.5. The zero-order chi connectivity index (χ0) is 34.9. The summed E-state index contributed by atoms with van der Waals surface area (Å²) in [6.45, 7) is 0.557. The number of hydrogen-bond acceptors (Lipinski definition) is 3. The molecule has 258 valence electrons. The van der Waals surface area contributed by atoms with E-state index >= 15 is 0 Å². The Morgan fingerprint density at radius 1 is 0.660 bits per heavy atom. The summed E-state index contributed by atoms with van der Waals surface area (Å²) >= 11 is 0. The Balaban J connectivity index is 0.000000511. The summed E-state index contributed by atoms with van der Waals surface area (Å²) in [5.74, 6) is -0.337. The van der Waals surface area contributed by atoms with Crippen molar-refractivity contribution >= 4 is 7.32 Å². The number of alkyl halides is 9. The predicted octanol–water partition coefficient (Wildman–Crippen LogP) is 9.88. The number of benzene rings is 3. The molecule has 1 aliphatic rings. The van der Waals surface area contributed by atoms with Crippen molar-refractivity contribution in [3.8, 4) is 11.5 Å². The van der Waals surface area contributed by atoms with E-state index in [1.807, 2.05) is 21.1 Å². The molecule has 1 aliphatic carbocycles. The van der Waals surface area contributed by atoms with Crippen LogP contribution in [0.5, 0.6) is 11.5 Å². The standard InChI is InChI=1S/C26H33BF6NO3.C7H4F3/c1-34(2,3)19-24(15-7-5-4-6-8-16-24)37-27(35-22-13-9-11-20(17-22)25(28,29)30)36-23-14-10-12-21(18-23)26(31,32)33;8-7(9,10)6-4-2-1-3-5-6/h9-14,17-18H,4-8,15-16,19H2,1-3H3;1-2,4-5H/q+1;-1. The Morgan fingerprint density at radius 3 is 1.49 bits per heavy atom. The molecule has 0 radical (unpaired) electrons. The first-order chi connectivity index (χ1) is 21.8. The van der Waals surface area contributed by atoms with Crippen molar-refractivity contribution in [3.63, 3.8) is 0 Å². The monoisotopic (exact) mass is 677 g/mol. The molecule has 0 unspecified atom stereocenters. The number of hydrogen-bond donors (Lipinski definition) is 0. The van der Waals surface area contributed by atoms with Gasteiger partial charge >= 0.3 is 25.9 Å². The van der Waals surface area contributed by atoms with Gasteiger partial charge in [-0.15, -0.1) is 0 Å². The summed E-state index contributed by atoms with van der Waals surface area (Å²) in [6.07, 6.45) is -7.23. The van der Waals surface area contributed by atoms with E-state index in [1.165, 1.54) is 36.4 Å². The molecule has 14 heteroatoms. The molecule has 0 N–H and O–H groups in total. The first-order valence-corrected chi connectivity index (χ1v) is 15.0. The Labute approximate surface area is 269 Å². The van der Waals surface area contributed by atoms with E-state index in [0.29, 0.717) is 23.9 Å². The SMILES string of the molecule is C[N+](C)(C)CC1(OB(Oc2cccc(C(F)(F)F)c2)Oc2cccc(C(F)(F)F)c2)CCCCCCC1.FC(F)(F)c1c[c-]ccc1. The van der Waals surface area contributed by atoms with Crippen LogP contribution in [0.3, 0.4) is 0 Å². The van der Waals surface area contributed by atoms with E-state index in [1.54, 1.807) is 0 Å². The van der Waals surface area contributed by atoms with Crippen molar-refractivity contribution in [2.75, 3.05) is 27.7 Å². The lowest BCUT2D eigenvalue weighted by molar-refractivity contribution is -0.877. The molecule has 4 rings (SSSR count). The van der Waals surface area contributed by atoms with Crippen LogP contribution < -0.4 is 9.31 Å². The van der Waals surface area contributed by atoms with Gasteiger partial charge in [0.05, 0.1) is 32.3 Å². The predicted molar refractivity (Wildman–Crippen MR) is 159 cm³/mol. The van der Waals surface area contributed by atoms with Crippen LogP contribution in [0.1, 0.15) is 61.6 Å². The van der Waals surface area contributed by atoms with Gasteiger partial charge in [-0.25, -0.2) is 0 Å². The van der Waals surface area contributed by atoms with Gasteiger partial charge < -0.3 is 18.4 Å². The molecule has 3 aromatic carbocycles. The highest BCUT2D eigenvalue weighted by Crippen LogP contribution is 2.36. The minimum atomic E-state index is -4.60. The van der Waals surface area contributed by atoms with Crippen molar-refractivity contribution in [1.29, 1.82) is 0 Å². The van der Waals surface area contributed by atoms with Crippen LogP contribution in [-0.2, 0) is 23.2 Å². The smallest absolute Gasteiger partial charge is 0.501 e. The molecular formula is C33H37BF9NO3. The quantitative estimate of drug-likeness (QED) is 0.103. The molecule has 3 aromatic rings. The van der Waals surface area contributed by atoms with E-state index in [2.05, 4.69) is 6.07 Å². The Kier molecular flexibility index (Phi) is 12.7. The molecule has 0 atom stereocenters. The fraction of sp³-hybridized carbons (Fsp3) is 0.455. The topological polar surface area (TPSA) is 27.7 Å². The van der Waals surface area contributed by atoms with Gasteiger partial charge in [-0.1, -0.05) is 49.8 Å². The zero-order valence-corrected chi connectivity index (χ0v) is 26.2. The van der Waals surface area contributed by atoms with Gasteiger partial charge in [-0.2, -0.15) is 69.8 Å². The molecule has 0 saturated heterocycles. The summed E-state index contributed by atoms with van der Waals surface area (Å²) < 4.78 is 134. The third kappa shape index (κ3) is 13.0. The van der Waals surface area contributed by atoms with Gasteiger partial charge in [0.25, 0.3) is 0 Å². The second kappa shape index (κ2) is 15.7. The summed E-state index contributed by atoms with van der Waals surface area (Å²) in [5.41, 5.74) is -3.24. The molecule has 0 heterocycles. The Bertz CT molecular complexity index is 1320. The maximum atomic E-state index is 13.3. The first-order valence-electron chi connectivity index (χ1n) is 15.0. The molecule has 0 amide bonds. The average Bonchev–Trinajstić information content (AvgIpc) is 2.94. The van der Waals surface area contributed by atoms with E-state index in [9.17, 15) is 39.5 Å². The Morgan fingerprint density at radius 2 is 1.11 bits per heavy atom. The molecule has 0 spiro atoms. The molecular weight excluding hydrogens is 640 g/mol. The van der Waals surface area contributed by atoms with E-state index in [-0.39, 0.29) is 11.5 Å². The Hall–Kier alpha value is -3.39. The van der Waals surface area contributed by atoms with E-state index in [4.69, 9.17) is 14.0 Å². The number of rotatable bonds is 8. The highest BCUT2D eigenvalue weighted by molar-refractivity contribution is 6.38. The van der Waals surface area contributed by atoms with Crippen molar-refractivity contribution < 1.29 is 58.0 Å². The van der Waals surface area contributed by atoms with Gasteiger partial charge in [0.15, 0.2) is 0 Å². The lowest BCUT2D eigenvalue weighted by Gasteiger charge is -2.41. The number of halogens is 9. The lowest BCUT2D eigenvalue weighted by Crippen LogP contribution is -2.55. The molecule has 1 fully saturated rings. The van der Waals surface area contributed by atoms with Crippen LogP contribution in [0.2, 0.25) is 0 Å². The lowest BCUT2D eigenvalue weighted by atomic mass is 9.84. The zero-order valence-electron chi connectivity index (χ0n) is 26.2. The summed E-state index contributed by atoms with van der Waals surface area (Å²) in [7, 11) is 4.43. The van der Waals surface area contributed by atoms with E-state index < -0.39 is 48.1 Å². The highest BCUT2D eigenvalue weighted by atomic mass is 19.4. The fourth-order valence-corrected chi connectivity index (χ4v) is 5.29. The molecule has 0 aliphatic heterocycles. The van der Waals surface area contributed by atoms with Gasteiger partial charge in [-0.3, -0.25) is 0 Å². The molecule has 47 heavy (non-hydrogen) atoms. The van der Waals surface area contributed by atoms with Crippen LogP contribution in [0, 0.1) is 6.07 Å². The number of quaternary nitrogens is 1. The maximum Gasteiger partial charge on any atom is 0.788 e. The van der Waals surface area contributed by atoms with Crippen molar-refractivity contribution in [2.24, 2.45) is 0 Å². The maximum absolute atomic E-state index is 13.3. The molecule has 0 bridgehead atoms. The average molecular weight is 677 g/mol. The molecule has 0 aromatic heterocycles. The minimum Gasteiger partial charge on any atom is -0.501 e.